The van der Waals surface area contributed by atoms with Crippen LogP contribution < -0.4 is 10.2 Å². The van der Waals surface area contributed by atoms with Gasteiger partial charge >= 0.3 is 5.97 Å². The van der Waals surface area contributed by atoms with Crippen LogP contribution in [0.1, 0.15) is 35.5 Å². The Kier molecular flexibility index (Phi) is 5.16. The minimum absolute atomic E-state index is 0.272. The third-order valence-electron chi connectivity index (χ3n) is 4.95. The molecule has 0 saturated carbocycles. The maximum absolute atomic E-state index is 12.3. The number of nitrogens with zero attached hydrogens (tertiary/aromatic N) is 3. The van der Waals surface area contributed by atoms with E-state index in [4.69, 9.17) is 9.72 Å². The molecule has 4 rings (SSSR count). The molecule has 0 aliphatic carbocycles. The van der Waals surface area contributed by atoms with Crippen LogP contribution in [0, 0.1) is 6.92 Å². The van der Waals surface area contributed by atoms with Gasteiger partial charge in [-0.25, -0.2) is 9.78 Å². The van der Waals surface area contributed by atoms with Crippen LogP contribution in [0.25, 0.3) is 0 Å². The summed E-state index contributed by atoms with van der Waals surface area (Å²) in [5, 5.41) is 3.28. The average Bonchev–Trinajstić information content (AvgIpc) is 3.04. The number of aromatic nitrogens is 2. The van der Waals surface area contributed by atoms with E-state index in [1.54, 1.807) is 13.0 Å². The van der Waals surface area contributed by atoms with E-state index in [0.29, 0.717) is 29.6 Å². The molecule has 1 aliphatic rings. The van der Waals surface area contributed by atoms with Crippen molar-refractivity contribution in [1.82, 2.24) is 9.97 Å². The van der Waals surface area contributed by atoms with Crippen LogP contribution in [0.4, 0.5) is 23.1 Å². The summed E-state index contributed by atoms with van der Waals surface area (Å²) in [7, 11) is 0. The molecule has 1 aromatic heterocycles. The summed E-state index contributed by atoms with van der Waals surface area (Å²) >= 11 is 0. The molecule has 0 saturated heterocycles. The highest BCUT2D eigenvalue weighted by atomic mass is 16.5. The van der Waals surface area contributed by atoms with E-state index >= 15 is 0 Å². The topological polar surface area (TPSA) is 67.3 Å². The largest absolute Gasteiger partial charge is 0.462 e. The van der Waals surface area contributed by atoms with Crippen molar-refractivity contribution in [2.45, 2.75) is 33.2 Å². The van der Waals surface area contributed by atoms with E-state index in [2.05, 4.69) is 40.3 Å². The summed E-state index contributed by atoms with van der Waals surface area (Å²) < 4.78 is 5.17. The molecular formula is C23H24N4O2. The maximum Gasteiger partial charge on any atom is 0.340 e. The van der Waals surface area contributed by atoms with Gasteiger partial charge in [0.1, 0.15) is 5.82 Å². The first-order chi connectivity index (χ1) is 14.1. The molecule has 29 heavy (non-hydrogen) atoms. The fourth-order valence-corrected chi connectivity index (χ4v) is 3.71. The Labute approximate surface area is 170 Å². The third kappa shape index (κ3) is 3.78. The highest BCUT2D eigenvalue weighted by molar-refractivity contribution is 5.96. The van der Waals surface area contributed by atoms with Crippen molar-refractivity contribution in [3.63, 3.8) is 0 Å². The summed E-state index contributed by atoms with van der Waals surface area (Å²) in [6.45, 7) is 6.24. The maximum atomic E-state index is 12.3. The zero-order chi connectivity index (χ0) is 20.4. The number of rotatable bonds is 5. The number of aryl methyl sites for hydroxylation is 1. The molecule has 0 spiro atoms. The highest BCUT2D eigenvalue weighted by Gasteiger charge is 2.29. The van der Waals surface area contributed by atoms with Crippen LogP contribution in [-0.2, 0) is 11.2 Å². The molecule has 148 valence electrons. The van der Waals surface area contributed by atoms with Crippen LogP contribution in [0.5, 0.6) is 0 Å². The van der Waals surface area contributed by atoms with Gasteiger partial charge < -0.3 is 15.0 Å². The van der Waals surface area contributed by atoms with Crippen LogP contribution in [-0.4, -0.2) is 28.6 Å². The molecule has 0 amide bonds. The van der Waals surface area contributed by atoms with Crippen LogP contribution in [0.2, 0.25) is 0 Å². The fraction of sp³-hybridized carbons (Fsp3) is 0.261. The molecule has 2 heterocycles. The number of esters is 1. The first kappa shape index (κ1) is 18.9. The number of carbonyl (C=O) groups is 1. The SMILES string of the molecule is CCOC(=O)c1ccccc1Nc1cc(C)nc(N2c3ccccc3CC2C)n1. The van der Waals surface area contributed by atoms with Gasteiger partial charge in [-0.2, -0.15) is 4.98 Å². The summed E-state index contributed by atoms with van der Waals surface area (Å²) in [5.41, 5.74) is 4.43. The van der Waals surface area contributed by atoms with Gasteiger partial charge in [0.2, 0.25) is 5.95 Å². The van der Waals surface area contributed by atoms with Crippen molar-refractivity contribution in [1.29, 1.82) is 0 Å². The van der Waals surface area contributed by atoms with E-state index in [1.165, 1.54) is 5.56 Å². The van der Waals surface area contributed by atoms with Gasteiger partial charge in [-0.3, -0.25) is 0 Å². The number of para-hydroxylation sites is 2. The Balaban J connectivity index is 1.69. The first-order valence-electron chi connectivity index (χ1n) is 9.83. The molecule has 1 unspecified atom stereocenters. The number of fused-ring (bicyclic) bond motifs is 1. The van der Waals surface area contributed by atoms with Crippen LogP contribution >= 0.6 is 0 Å². The number of nitrogens with one attached hydrogen (secondary N) is 1. The van der Waals surface area contributed by atoms with E-state index in [1.807, 2.05) is 37.3 Å². The van der Waals surface area contributed by atoms with Gasteiger partial charge in [0.25, 0.3) is 0 Å². The Morgan fingerprint density at radius 2 is 1.93 bits per heavy atom. The smallest absolute Gasteiger partial charge is 0.340 e. The predicted molar refractivity (Wildman–Crippen MR) is 114 cm³/mol. The number of carbonyl (C=O) groups excluding carboxylic acids is 1. The van der Waals surface area contributed by atoms with E-state index in [9.17, 15) is 4.79 Å². The zero-order valence-electron chi connectivity index (χ0n) is 16.8. The van der Waals surface area contributed by atoms with Crippen molar-refractivity contribution in [3.8, 4) is 0 Å². The number of hydrogen-bond donors (Lipinski definition) is 1. The van der Waals surface area contributed by atoms with Crippen molar-refractivity contribution in [2.75, 3.05) is 16.8 Å². The molecule has 1 N–H and O–H groups in total. The monoisotopic (exact) mass is 388 g/mol. The van der Waals surface area contributed by atoms with Crippen molar-refractivity contribution >= 4 is 29.1 Å². The standard InChI is InChI=1S/C23H24N4O2/c1-4-29-22(28)18-10-6-7-11-19(18)25-21-13-15(2)24-23(26-21)27-16(3)14-17-9-5-8-12-20(17)27/h5-13,16H,4,14H2,1-3H3,(H,24,25,26). The van der Waals surface area contributed by atoms with Crippen molar-refractivity contribution < 1.29 is 9.53 Å². The Morgan fingerprint density at radius 1 is 1.17 bits per heavy atom. The molecule has 0 radical (unpaired) electrons. The van der Waals surface area contributed by atoms with Gasteiger partial charge in [-0.15, -0.1) is 0 Å². The third-order valence-corrected chi connectivity index (χ3v) is 4.95. The Hall–Kier alpha value is -3.41. The second kappa shape index (κ2) is 7.91. The van der Waals surface area contributed by atoms with Gasteiger partial charge in [0.05, 0.1) is 17.9 Å². The quantitative estimate of drug-likeness (QED) is 0.634. The predicted octanol–water partition coefficient (Wildman–Crippen LogP) is 4.79. The number of anilines is 4. The second-order valence-electron chi connectivity index (χ2n) is 7.14. The number of ether oxygens (including phenoxy) is 1. The van der Waals surface area contributed by atoms with Crippen molar-refractivity contribution in [3.05, 3.63) is 71.4 Å². The Bertz CT molecular complexity index is 1050. The minimum atomic E-state index is -0.358. The van der Waals surface area contributed by atoms with Gasteiger partial charge in [-0.05, 0) is 51.0 Å². The number of benzene rings is 2. The molecule has 6 heteroatoms. The summed E-state index contributed by atoms with van der Waals surface area (Å²) in [6.07, 6.45) is 0.960. The lowest BCUT2D eigenvalue weighted by atomic mass is 10.1. The van der Waals surface area contributed by atoms with Crippen LogP contribution in [0.3, 0.4) is 0 Å². The second-order valence-corrected chi connectivity index (χ2v) is 7.14. The van der Waals surface area contributed by atoms with E-state index in [0.717, 1.165) is 17.8 Å². The first-order valence-corrected chi connectivity index (χ1v) is 9.83. The molecule has 2 aromatic carbocycles. The van der Waals surface area contributed by atoms with Gasteiger partial charge in [0, 0.05) is 23.5 Å². The van der Waals surface area contributed by atoms with E-state index < -0.39 is 0 Å². The fourth-order valence-electron chi connectivity index (χ4n) is 3.71. The van der Waals surface area contributed by atoms with Crippen molar-refractivity contribution in [2.24, 2.45) is 0 Å². The van der Waals surface area contributed by atoms with E-state index in [-0.39, 0.29) is 12.0 Å². The molecule has 0 fully saturated rings. The molecule has 6 nitrogen and oxygen atoms in total. The molecule has 1 aliphatic heterocycles. The average molecular weight is 388 g/mol. The summed E-state index contributed by atoms with van der Waals surface area (Å²) in [5.74, 6) is 0.933. The highest BCUT2D eigenvalue weighted by Crippen LogP contribution is 2.37. The lowest BCUT2D eigenvalue weighted by molar-refractivity contribution is 0.0527. The lowest BCUT2D eigenvalue weighted by Crippen LogP contribution is -2.26. The molecular weight excluding hydrogens is 364 g/mol. The number of hydrogen-bond acceptors (Lipinski definition) is 6. The molecule has 0 bridgehead atoms. The Morgan fingerprint density at radius 3 is 2.76 bits per heavy atom. The molecule has 1 atom stereocenters. The van der Waals surface area contributed by atoms with Gasteiger partial charge in [-0.1, -0.05) is 30.3 Å². The molecule has 3 aromatic rings. The summed E-state index contributed by atoms with van der Waals surface area (Å²) in [4.78, 5) is 23.9. The lowest BCUT2D eigenvalue weighted by Gasteiger charge is -2.23. The summed E-state index contributed by atoms with van der Waals surface area (Å²) in [6, 6.07) is 17.8. The normalized spacial score (nSPS) is 15.1. The van der Waals surface area contributed by atoms with Gasteiger partial charge in [0.15, 0.2) is 0 Å². The minimum Gasteiger partial charge on any atom is -0.462 e. The zero-order valence-corrected chi connectivity index (χ0v) is 16.8. The van der Waals surface area contributed by atoms with Crippen LogP contribution in [0.15, 0.2) is 54.6 Å².